The molecule has 0 bridgehead atoms. The van der Waals surface area contributed by atoms with Crippen molar-refractivity contribution < 1.29 is 19.4 Å². The van der Waals surface area contributed by atoms with Crippen LogP contribution in [0.1, 0.15) is 35.0 Å². The average molecular weight is 463 g/mol. The van der Waals surface area contributed by atoms with Crippen molar-refractivity contribution in [3.8, 4) is 5.75 Å². The first-order chi connectivity index (χ1) is 16.2. The van der Waals surface area contributed by atoms with Crippen molar-refractivity contribution in [2.75, 3.05) is 34.3 Å². The van der Waals surface area contributed by atoms with E-state index in [0.717, 1.165) is 17.7 Å². The van der Waals surface area contributed by atoms with Crippen molar-refractivity contribution in [3.63, 3.8) is 0 Å². The highest BCUT2D eigenvalue weighted by Crippen LogP contribution is 2.40. The second-order valence-corrected chi connectivity index (χ2v) is 8.85. The zero-order chi connectivity index (χ0) is 24.6. The second-order valence-electron chi connectivity index (χ2n) is 8.85. The van der Waals surface area contributed by atoms with E-state index < -0.39 is 17.7 Å². The normalized spacial score (nSPS) is 17.8. The van der Waals surface area contributed by atoms with Crippen LogP contribution in [0.4, 0.5) is 0 Å². The van der Waals surface area contributed by atoms with E-state index in [-0.39, 0.29) is 11.3 Å². The fraction of sp³-hybridized carbons (Fsp3) is 0.346. The maximum atomic E-state index is 13.3. The number of hydrogen-bond acceptors (Lipinski definition) is 6. The number of likely N-dealkylation sites (tertiary alicyclic amines) is 1. The quantitative estimate of drug-likeness (QED) is 0.329. The lowest BCUT2D eigenvalue weighted by Crippen LogP contribution is -2.32. The topological polar surface area (TPSA) is 87.4 Å². The SMILES string of the molecule is COc1ccc([C@@H]2C(=C(O)c3c(C)nc4c(C)cccn34)C(=O)C(=O)N2CCCN(C)C)cc1. The molecule has 8 heteroatoms. The van der Waals surface area contributed by atoms with Crippen LogP contribution >= 0.6 is 0 Å². The van der Waals surface area contributed by atoms with Gasteiger partial charge in [-0.25, -0.2) is 4.98 Å². The molecule has 4 rings (SSSR count). The van der Waals surface area contributed by atoms with Crippen molar-refractivity contribution in [1.82, 2.24) is 19.2 Å². The molecule has 3 heterocycles. The number of aliphatic hydroxyl groups is 1. The van der Waals surface area contributed by atoms with Gasteiger partial charge in [0.1, 0.15) is 17.1 Å². The third kappa shape index (κ3) is 4.05. The highest BCUT2D eigenvalue weighted by Gasteiger charge is 2.46. The summed E-state index contributed by atoms with van der Waals surface area (Å²) in [6.07, 6.45) is 2.49. The summed E-state index contributed by atoms with van der Waals surface area (Å²) in [4.78, 5) is 34.6. The number of carbonyl (C=O) groups excluding carboxylic acids is 2. The fourth-order valence-corrected chi connectivity index (χ4v) is 4.53. The largest absolute Gasteiger partial charge is 0.505 e. The molecule has 3 aromatic rings. The summed E-state index contributed by atoms with van der Waals surface area (Å²) in [5, 5.41) is 11.5. The summed E-state index contributed by atoms with van der Waals surface area (Å²) in [7, 11) is 5.51. The Morgan fingerprint density at radius 3 is 2.50 bits per heavy atom. The van der Waals surface area contributed by atoms with Gasteiger partial charge in [0.2, 0.25) is 0 Å². The smallest absolute Gasteiger partial charge is 0.295 e. The Balaban J connectivity index is 1.88. The van der Waals surface area contributed by atoms with E-state index in [1.807, 2.05) is 50.2 Å². The number of ketones is 1. The van der Waals surface area contributed by atoms with Crippen LogP contribution < -0.4 is 4.74 Å². The molecular formula is C26H30N4O4. The summed E-state index contributed by atoms with van der Waals surface area (Å²) in [6.45, 7) is 4.88. The van der Waals surface area contributed by atoms with E-state index in [4.69, 9.17) is 4.74 Å². The molecular weight excluding hydrogens is 432 g/mol. The Kier molecular flexibility index (Phi) is 6.43. The number of rotatable bonds is 7. The lowest BCUT2D eigenvalue weighted by molar-refractivity contribution is -0.139. The third-order valence-corrected chi connectivity index (χ3v) is 6.22. The van der Waals surface area contributed by atoms with Crippen LogP contribution in [0.5, 0.6) is 5.75 Å². The molecule has 2 aromatic heterocycles. The zero-order valence-corrected chi connectivity index (χ0v) is 20.2. The summed E-state index contributed by atoms with van der Waals surface area (Å²) in [5.41, 5.74) is 3.45. The van der Waals surface area contributed by atoms with E-state index in [1.54, 1.807) is 41.7 Å². The van der Waals surface area contributed by atoms with Gasteiger partial charge in [0.05, 0.1) is 24.4 Å². The molecule has 8 nitrogen and oxygen atoms in total. The number of hydrogen-bond donors (Lipinski definition) is 1. The van der Waals surface area contributed by atoms with Gasteiger partial charge in [-0.15, -0.1) is 0 Å². The first kappa shape index (κ1) is 23.5. The number of aryl methyl sites for hydroxylation is 2. The minimum absolute atomic E-state index is 0.0754. The predicted octanol–water partition coefficient (Wildman–Crippen LogP) is 3.33. The molecule has 0 aliphatic carbocycles. The monoisotopic (exact) mass is 462 g/mol. The predicted molar refractivity (Wildman–Crippen MR) is 130 cm³/mol. The second kappa shape index (κ2) is 9.30. The van der Waals surface area contributed by atoms with Crippen LogP contribution in [0, 0.1) is 13.8 Å². The zero-order valence-electron chi connectivity index (χ0n) is 20.2. The van der Waals surface area contributed by atoms with E-state index in [9.17, 15) is 14.7 Å². The van der Waals surface area contributed by atoms with Gasteiger partial charge in [0.15, 0.2) is 5.76 Å². The van der Waals surface area contributed by atoms with Crippen molar-refractivity contribution in [1.29, 1.82) is 0 Å². The highest BCUT2D eigenvalue weighted by molar-refractivity contribution is 6.46. The maximum Gasteiger partial charge on any atom is 0.295 e. The molecule has 1 aliphatic rings. The number of aromatic nitrogens is 2. The van der Waals surface area contributed by atoms with Gasteiger partial charge in [-0.2, -0.15) is 0 Å². The van der Waals surface area contributed by atoms with E-state index in [0.29, 0.717) is 35.8 Å². The lowest BCUT2D eigenvalue weighted by Gasteiger charge is -2.26. The van der Waals surface area contributed by atoms with Crippen LogP contribution in [0.25, 0.3) is 11.4 Å². The number of carbonyl (C=O) groups is 2. The molecule has 1 aliphatic heterocycles. The van der Waals surface area contributed by atoms with Gasteiger partial charge in [0.25, 0.3) is 11.7 Å². The lowest BCUT2D eigenvalue weighted by atomic mass is 9.96. The van der Waals surface area contributed by atoms with Crippen LogP contribution in [-0.4, -0.2) is 70.3 Å². The standard InChI is InChI=1S/C26H30N4O4/c1-16-8-6-14-29-21(17(2)27-25(16)29)23(31)20-22(18-9-11-19(34-5)12-10-18)30(26(33)24(20)32)15-7-13-28(3)4/h6,8-12,14,22,31H,7,13,15H2,1-5H3/t22-/m1/s1. The Bertz CT molecular complexity index is 1270. The third-order valence-electron chi connectivity index (χ3n) is 6.22. The Hall–Kier alpha value is -3.65. The molecule has 1 aromatic carbocycles. The number of amides is 1. The summed E-state index contributed by atoms with van der Waals surface area (Å²) >= 11 is 0. The first-order valence-electron chi connectivity index (χ1n) is 11.3. The first-order valence-corrected chi connectivity index (χ1v) is 11.3. The molecule has 0 unspecified atom stereocenters. The van der Waals surface area contributed by atoms with Gasteiger partial charge in [0, 0.05) is 12.7 Å². The van der Waals surface area contributed by atoms with E-state index >= 15 is 0 Å². The fourth-order valence-electron chi connectivity index (χ4n) is 4.53. The van der Waals surface area contributed by atoms with Gasteiger partial charge in [-0.05, 0) is 70.2 Å². The van der Waals surface area contributed by atoms with E-state index in [1.165, 1.54) is 0 Å². The van der Waals surface area contributed by atoms with Gasteiger partial charge in [-0.3, -0.25) is 14.0 Å². The molecule has 0 saturated carbocycles. The number of Topliss-reactive ketones (excluding diaryl/α,β-unsaturated/α-hetero) is 1. The van der Waals surface area contributed by atoms with Crippen molar-refractivity contribution in [3.05, 3.63) is 70.7 Å². The minimum atomic E-state index is -0.706. The number of imidazole rings is 1. The molecule has 34 heavy (non-hydrogen) atoms. The summed E-state index contributed by atoms with van der Waals surface area (Å²) in [5.74, 6) is -0.847. The van der Waals surface area contributed by atoms with Crippen LogP contribution in [0.2, 0.25) is 0 Å². The molecule has 1 saturated heterocycles. The van der Waals surface area contributed by atoms with Gasteiger partial charge in [-0.1, -0.05) is 18.2 Å². The number of pyridine rings is 1. The van der Waals surface area contributed by atoms with Crippen LogP contribution in [0.3, 0.4) is 0 Å². The van der Waals surface area contributed by atoms with Crippen molar-refractivity contribution in [2.24, 2.45) is 0 Å². The number of fused-ring (bicyclic) bond motifs is 1. The molecule has 1 amide bonds. The van der Waals surface area contributed by atoms with Crippen molar-refractivity contribution >= 4 is 23.1 Å². The van der Waals surface area contributed by atoms with Crippen molar-refractivity contribution in [2.45, 2.75) is 26.3 Å². The van der Waals surface area contributed by atoms with Crippen LogP contribution in [-0.2, 0) is 9.59 Å². The summed E-state index contributed by atoms with van der Waals surface area (Å²) < 4.78 is 7.04. The Labute approximate surface area is 199 Å². The molecule has 0 radical (unpaired) electrons. The number of benzene rings is 1. The number of nitrogens with zero attached hydrogens (tertiary/aromatic N) is 4. The van der Waals surface area contributed by atoms with Crippen LogP contribution in [0.15, 0.2) is 48.2 Å². The molecule has 1 fully saturated rings. The maximum absolute atomic E-state index is 13.3. The minimum Gasteiger partial charge on any atom is -0.505 e. The van der Waals surface area contributed by atoms with Gasteiger partial charge >= 0.3 is 0 Å². The number of ether oxygens (including phenoxy) is 1. The Morgan fingerprint density at radius 2 is 1.85 bits per heavy atom. The molecule has 1 N–H and O–H groups in total. The molecule has 0 spiro atoms. The molecule has 1 atom stereocenters. The van der Waals surface area contributed by atoms with E-state index in [2.05, 4.69) is 4.98 Å². The molecule has 178 valence electrons. The Morgan fingerprint density at radius 1 is 1.15 bits per heavy atom. The number of aliphatic hydroxyl groups excluding tert-OH is 1. The highest BCUT2D eigenvalue weighted by atomic mass is 16.5. The average Bonchev–Trinajstić information content (AvgIpc) is 3.28. The van der Waals surface area contributed by atoms with Gasteiger partial charge < -0.3 is 19.6 Å². The number of methoxy groups -OCH3 is 1. The summed E-state index contributed by atoms with van der Waals surface area (Å²) in [6, 6.07) is 10.3.